The third-order valence-corrected chi connectivity index (χ3v) is 4.35. The molecule has 1 aromatic heterocycles. The lowest BCUT2D eigenvalue weighted by Gasteiger charge is -2.19. The molecule has 0 aliphatic rings. The van der Waals surface area contributed by atoms with Gasteiger partial charge >= 0.3 is 0 Å². The lowest BCUT2D eigenvalue weighted by atomic mass is 10.0. The molecule has 114 valence electrons. The van der Waals surface area contributed by atoms with Crippen molar-refractivity contribution in [1.29, 1.82) is 0 Å². The van der Waals surface area contributed by atoms with Gasteiger partial charge in [0.1, 0.15) is 0 Å². The molecule has 0 amide bonds. The first kappa shape index (κ1) is 16.2. The Morgan fingerprint density at radius 1 is 1.19 bits per heavy atom. The third-order valence-electron chi connectivity index (χ3n) is 3.48. The molecule has 3 heteroatoms. The lowest BCUT2D eigenvalue weighted by Crippen LogP contribution is -2.33. The number of thiazole rings is 1. The number of hydrogen-bond acceptors (Lipinski definition) is 3. The first-order valence-electron chi connectivity index (χ1n) is 7.92. The van der Waals surface area contributed by atoms with Crippen molar-refractivity contribution in [3.05, 3.63) is 40.7 Å². The van der Waals surface area contributed by atoms with Gasteiger partial charge in [0.2, 0.25) is 0 Å². The Bertz CT molecular complexity index is 519. The summed E-state index contributed by atoms with van der Waals surface area (Å²) in [6.45, 7) is 7.89. The minimum absolute atomic E-state index is 0.541. The highest BCUT2D eigenvalue weighted by Gasteiger charge is 2.13. The molecule has 0 saturated carbocycles. The minimum Gasteiger partial charge on any atom is -0.314 e. The van der Waals surface area contributed by atoms with Crippen LogP contribution in [0.2, 0.25) is 0 Å². The zero-order chi connectivity index (χ0) is 15.1. The Morgan fingerprint density at radius 3 is 2.62 bits per heavy atom. The monoisotopic (exact) mass is 302 g/mol. The summed E-state index contributed by atoms with van der Waals surface area (Å²) in [4.78, 5) is 4.81. The van der Waals surface area contributed by atoms with E-state index in [1.165, 1.54) is 23.4 Å². The molecule has 0 aliphatic heterocycles. The van der Waals surface area contributed by atoms with Crippen molar-refractivity contribution in [2.75, 3.05) is 6.54 Å². The van der Waals surface area contributed by atoms with E-state index >= 15 is 0 Å². The van der Waals surface area contributed by atoms with Crippen molar-refractivity contribution in [2.24, 2.45) is 5.92 Å². The molecule has 0 fully saturated rings. The number of rotatable bonds is 8. The molecular weight excluding hydrogens is 276 g/mol. The highest BCUT2D eigenvalue weighted by atomic mass is 32.1. The predicted molar refractivity (Wildman–Crippen MR) is 92.8 cm³/mol. The van der Waals surface area contributed by atoms with Crippen LogP contribution in [0, 0.1) is 5.92 Å². The number of aromatic nitrogens is 1. The van der Waals surface area contributed by atoms with E-state index in [1.807, 2.05) is 6.07 Å². The molecule has 1 N–H and O–H groups in total. The third kappa shape index (κ3) is 5.25. The number of nitrogens with zero attached hydrogens (tertiary/aromatic N) is 1. The van der Waals surface area contributed by atoms with Gasteiger partial charge in [-0.2, -0.15) is 0 Å². The van der Waals surface area contributed by atoms with Gasteiger partial charge in [-0.05, 0) is 25.3 Å². The Kier molecular flexibility index (Phi) is 6.40. The molecule has 0 aliphatic carbocycles. The van der Waals surface area contributed by atoms with Gasteiger partial charge in [0.05, 0.1) is 10.7 Å². The van der Waals surface area contributed by atoms with Crippen molar-refractivity contribution in [3.63, 3.8) is 0 Å². The molecule has 2 nitrogen and oxygen atoms in total. The number of benzene rings is 1. The van der Waals surface area contributed by atoms with Crippen LogP contribution >= 0.6 is 11.3 Å². The first-order chi connectivity index (χ1) is 10.2. The van der Waals surface area contributed by atoms with Gasteiger partial charge in [-0.15, -0.1) is 11.3 Å². The first-order valence-corrected chi connectivity index (χ1v) is 8.80. The maximum atomic E-state index is 4.81. The van der Waals surface area contributed by atoms with Gasteiger partial charge in [-0.25, -0.2) is 4.98 Å². The number of hydrogen-bond donors (Lipinski definition) is 1. The van der Waals surface area contributed by atoms with E-state index in [4.69, 9.17) is 4.98 Å². The van der Waals surface area contributed by atoms with Crippen LogP contribution in [0.15, 0.2) is 35.7 Å². The van der Waals surface area contributed by atoms with Crippen LogP contribution in [0.25, 0.3) is 11.3 Å². The molecule has 2 aromatic rings. The van der Waals surface area contributed by atoms with Gasteiger partial charge in [-0.3, -0.25) is 0 Å². The summed E-state index contributed by atoms with van der Waals surface area (Å²) in [5.41, 5.74) is 2.32. The summed E-state index contributed by atoms with van der Waals surface area (Å²) >= 11 is 1.78. The standard InChI is InChI=1S/C18H26N2S/c1-4-10-19-16(11-14(2)3)12-18-20-17(13-21-18)15-8-6-5-7-9-15/h5-9,13-14,16,19H,4,10-12H2,1-3H3. The van der Waals surface area contributed by atoms with Crippen LogP contribution in [0.3, 0.4) is 0 Å². The van der Waals surface area contributed by atoms with Gasteiger partial charge in [0, 0.05) is 23.4 Å². The van der Waals surface area contributed by atoms with Gasteiger partial charge < -0.3 is 5.32 Å². The van der Waals surface area contributed by atoms with Crippen molar-refractivity contribution in [2.45, 2.75) is 46.1 Å². The molecule has 1 unspecified atom stereocenters. The normalized spacial score (nSPS) is 12.8. The lowest BCUT2D eigenvalue weighted by molar-refractivity contribution is 0.416. The summed E-state index contributed by atoms with van der Waals surface area (Å²) in [6.07, 6.45) is 3.43. The summed E-state index contributed by atoms with van der Waals surface area (Å²) in [5.74, 6) is 0.716. The summed E-state index contributed by atoms with van der Waals surface area (Å²) in [7, 11) is 0. The Balaban J connectivity index is 2.02. The smallest absolute Gasteiger partial charge is 0.0948 e. The average molecular weight is 302 g/mol. The summed E-state index contributed by atoms with van der Waals surface area (Å²) in [5, 5.41) is 7.08. The maximum absolute atomic E-state index is 4.81. The van der Waals surface area contributed by atoms with Gasteiger partial charge in [0.15, 0.2) is 0 Å². The van der Waals surface area contributed by atoms with Crippen LogP contribution in [-0.4, -0.2) is 17.6 Å². The van der Waals surface area contributed by atoms with Crippen molar-refractivity contribution < 1.29 is 0 Å². The molecule has 0 spiro atoms. The molecule has 1 aromatic carbocycles. The zero-order valence-electron chi connectivity index (χ0n) is 13.3. The maximum Gasteiger partial charge on any atom is 0.0948 e. The average Bonchev–Trinajstić information content (AvgIpc) is 2.93. The van der Waals surface area contributed by atoms with Crippen LogP contribution in [0.1, 0.15) is 38.6 Å². The summed E-state index contributed by atoms with van der Waals surface area (Å²) < 4.78 is 0. The highest BCUT2D eigenvalue weighted by molar-refractivity contribution is 7.09. The molecule has 2 rings (SSSR count). The molecule has 0 bridgehead atoms. The molecule has 0 saturated heterocycles. The quantitative estimate of drug-likeness (QED) is 0.760. The molecule has 1 atom stereocenters. The van der Waals surface area contributed by atoms with E-state index in [9.17, 15) is 0 Å². The fraction of sp³-hybridized carbons (Fsp3) is 0.500. The van der Waals surface area contributed by atoms with Crippen LogP contribution in [0.5, 0.6) is 0 Å². The van der Waals surface area contributed by atoms with Crippen molar-refractivity contribution >= 4 is 11.3 Å². The van der Waals surface area contributed by atoms with E-state index < -0.39 is 0 Å². The van der Waals surface area contributed by atoms with E-state index in [0.717, 1.165) is 18.7 Å². The van der Waals surface area contributed by atoms with Crippen LogP contribution < -0.4 is 5.32 Å². The largest absolute Gasteiger partial charge is 0.314 e. The highest BCUT2D eigenvalue weighted by Crippen LogP contribution is 2.23. The van der Waals surface area contributed by atoms with Crippen molar-refractivity contribution in [3.8, 4) is 11.3 Å². The van der Waals surface area contributed by atoms with E-state index in [0.29, 0.717) is 12.0 Å². The fourth-order valence-electron chi connectivity index (χ4n) is 2.51. The van der Waals surface area contributed by atoms with E-state index in [-0.39, 0.29) is 0 Å². The second-order valence-electron chi connectivity index (χ2n) is 5.98. The Morgan fingerprint density at radius 2 is 1.95 bits per heavy atom. The Labute approximate surface area is 132 Å². The van der Waals surface area contributed by atoms with Crippen LogP contribution in [-0.2, 0) is 6.42 Å². The van der Waals surface area contributed by atoms with Gasteiger partial charge in [-0.1, -0.05) is 51.1 Å². The van der Waals surface area contributed by atoms with E-state index in [1.54, 1.807) is 11.3 Å². The minimum atomic E-state index is 0.541. The van der Waals surface area contributed by atoms with Crippen molar-refractivity contribution in [1.82, 2.24) is 10.3 Å². The number of nitrogens with one attached hydrogen (secondary N) is 1. The second-order valence-corrected chi connectivity index (χ2v) is 6.92. The fourth-order valence-corrected chi connectivity index (χ4v) is 3.40. The van der Waals surface area contributed by atoms with Gasteiger partial charge in [0.25, 0.3) is 0 Å². The molecular formula is C18H26N2S. The second kappa shape index (κ2) is 8.30. The Hall–Kier alpha value is -1.19. The van der Waals surface area contributed by atoms with Crippen LogP contribution in [0.4, 0.5) is 0 Å². The topological polar surface area (TPSA) is 24.9 Å². The molecule has 0 radical (unpaired) electrons. The SMILES string of the molecule is CCCNC(Cc1nc(-c2ccccc2)cs1)CC(C)C. The molecule has 21 heavy (non-hydrogen) atoms. The predicted octanol–water partition coefficient (Wildman–Crippen LogP) is 4.77. The zero-order valence-corrected chi connectivity index (χ0v) is 14.1. The molecule has 1 heterocycles. The summed E-state index contributed by atoms with van der Waals surface area (Å²) in [6, 6.07) is 11.0. The van der Waals surface area contributed by atoms with E-state index in [2.05, 4.69) is 55.7 Å².